The second kappa shape index (κ2) is 5.85. The molecule has 1 N–H and O–H groups in total. The van der Waals surface area contributed by atoms with Crippen LogP contribution in [-0.4, -0.2) is 18.3 Å². The summed E-state index contributed by atoms with van der Waals surface area (Å²) in [6.45, 7) is 0.461. The largest absolute Gasteiger partial charge is 0.492 e. The molecule has 1 aromatic rings. The van der Waals surface area contributed by atoms with Crippen LogP contribution in [-0.2, 0) is 0 Å². The third kappa shape index (κ3) is 2.81. The van der Waals surface area contributed by atoms with Gasteiger partial charge in [0.2, 0.25) is 0 Å². The van der Waals surface area contributed by atoms with E-state index < -0.39 is 0 Å². The topological polar surface area (TPSA) is 29.5 Å². The molecule has 3 unspecified atom stereocenters. The van der Waals surface area contributed by atoms with Gasteiger partial charge in [-0.25, -0.2) is 4.39 Å². The number of hydrogen-bond acceptors (Lipinski definition) is 2. The highest BCUT2D eigenvalue weighted by atomic mass is 19.1. The molecule has 2 bridgehead atoms. The average molecular weight is 274 g/mol. The van der Waals surface area contributed by atoms with Crippen molar-refractivity contribution in [1.29, 1.82) is 0 Å². The lowest BCUT2D eigenvalue weighted by atomic mass is 9.89. The van der Waals surface area contributed by atoms with Crippen LogP contribution in [0, 0.1) is 35.4 Å². The summed E-state index contributed by atoms with van der Waals surface area (Å²) in [5.41, 5.74) is 0.516. The van der Waals surface area contributed by atoms with Gasteiger partial charge in [-0.2, -0.15) is 0 Å². The van der Waals surface area contributed by atoms with E-state index >= 15 is 0 Å². The van der Waals surface area contributed by atoms with Crippen molar-refractivity contribution >= 4 is 0 Å². The lowest BCUT2D eigenvalue weighted by Crippen LogP contribution is -2.18. The van der Waals surface area contributed by atoms with Gasteiger partial charge in [-0.05, 0) is 55.2 Å². The normalized spacial score (nSPS) is 27.2. The molecule has 106 valence electrons. The number of hydrogen-bond donors (Lipinski definition) is 1. The van der Waals surface area contributed by atoms with Crippen molar-refractivity contribution < 1.29 is 14.2 Å². The number of aliphatic hydroxyl groups is 1. The van der Waals surface area contributed by atoms with E-state index in [0.717, 1.165) is 11.8 Å². The van der Waals surface area contributed by atoms with E-state index in [0.29, 0.717) is 23.8 Å². The van der Waals surface area contributed by atoms with E-state index in [1.54, 1.807) is 6.07 Å². The third-order valence-electron chi connectivity index (χ3n) is 4.58. The zero-order valence-electron chi connectivity index (χ0n) is 11.4. The van der Waals surface area contributed by atoms with Crippen LogP contribution in [0.5, 0.6) is 5.75 Å². The fourth-order valence-corrected chi connectivity index (χ4v) is 3.64. The highest BCUT2D eigenvalue weighted by Crippen LogP contribution is 2.48. The summed E-state index contributed by atoms with van der Waals surface area (Å²) in [4.78, 5) is 0. The molecule has 1 aromatic carbocycles. The van der Waals surface area contributed by atoms with Gasteiger partial charge in [0, 0.05) is 0 Å². The fraction of sp³-hybridized carbons (Fsp3) is 0.529. The first-order valence-corrected chi connectivity index (χ1v) is 7.28. The smallest absolute Gasteiger partial charge is 0.135 e. The standard InChI is InChI=1S/C17H19FO2/c18-16-5-6-17(14(10-16)2-1-7-19)20-11-15-9-12-3-4-13(15)8-12/h5-6,10,12-13,15,19H,3-4,7-9,11H2. The van der Waals surface area contributed by atoms with Crippen LogP contribution < -0.4 is 4.74 Å². The lowest BCUT2D eigenvalue weighted by Gasteiger charge is -2.22. The molecule has 0 heterocycles. The Kier molecular flexibility index (Phi) is 3.93. The monoisotopic (exact) mass is 274 g/mol. The van der Waals surface area contributed by atoms with Crippen molar-refractivity contribution in [2.24, 2.45) is 17.8 Å². The molecule has 0 aromatic heterocycles. The summed E-state index contributed by atoms with van der Waals surface area (Å²) in [7, 11) is 0. The maximum absolute atomic E-state index is 13.3. The molecular formula is C17H19FO2. The highest BCUT2D eigenvalue weighted by molar-refractivity contribution is 5.46. The lowest BCUT2D eigenvalue weighted by molar-refractivity contribution is 0.195. The quantitative estimate of drug-likeness (QED) is 0.859. The molecule has 3 heteroatoms. The van der Waals surface area contributed by atoms with Crippen LogP contribution in [0.25, 0.3) is 0 Å². The van der Waals surface area contributed by atoms with Gasteiger partial charge in [0.15, 0.2) is 0 Å². The summed E-state index contributed by atoms with van der Waals surface area (Å²) < 4.78 is 19.1. The molecule has 20 heavy (non-hydrogen) atoms. The molecule has 0 spiro atoms. The van der Waals surface area contributed by atoms with Gasteiger partial charge >= 0.3 is 0 Å². The summed E-state index contributed by atoms with van der Waals surface area (Å²) in [5.74, 6) is 7.93. The van der Waals surface area contributed by atoms with Crippen LogP contribution in [0.3, 0.4) is 0 Å². The molecule has 2 aliphatic carbocycles. The molecule has 0 radical (unpaired) electrons. The van der Waals surface area contributed by atoms with Crippen LogP contribution in [0.4, 0.5) is 4.39 Å². The van der Waals surface area contributed by atoms with Crippen molar-refractivity contribution in [3.8, 4) is 17.6 Å². The van der Waals surface area contributed by atoms with Crippen molar-refractivity contribution in [1.82, 2.24) is 0 Å². The van der Waals surface area contributed by atoms with Crippen LogP contribution >= 0.6 is 0 Å². The van der Waals surface area contributed by atoms with E-state index in [2.05, 4.69) is 11.8 Å². The Balaban J connectivity index is 1.67. The maximum atomic E-state index is 13.3. The first-order valence-electron chi connectivity index (χ1n) is 7.28. The predicted molar refractivity (Wildman–Crippen MR) is 74.8 cm³/mol. The molecule has 2 fully saturated rings. The molecule has 3 atom stereocenters. The Hall–Kier alpha value is -1.53. The maximum Gasteiger partial charge on any atom is 0.135 e. The predicted octanol–water partition coefficient (Wildman–Crippen LogP) is 2.98. The summed E-state index contributed by atoms with van der Waals surface area (Å²) >= 11 is 0. The Morgan fingerprint density at radius 1 is 1.30 bits per heavy atom. The molecule has 2 nitrogen and oxygen atoms in total. The second-order valence-electron chi connectivity index (χ2n) is 5.85. The highest BCUT2D eigenvalue weighted by Gasteiger charge is 2.39. The van der Waals surface area contributed by atoms with Crippen LogP contribution in [0.2, 0.25) is 0 Å². The summed E-state index contributed by atoms with van der Waals surface area (Å²) in [6, 6.07) is 4.38. The summed E-state index contributed by atoms with van der Waals surface area (Å²) in [6.07, 6.45) is 5.34. The van der Waals surface area contributed by atoms with Gasteiger partial charge in [0.05, 0.1) is 12.2 Å². The van der Waals surface area contributed by atoms with Crippen molar-refractivity contribution in [3.63, 3.8) is 0 Å². The minimum absolute atomic E-state index is 0.234. The zero-order chi connectivity index (χ0) is 13.9. The van der Waals surface area contributed by atoms with Crippen molar-refractivity contribution in [2.75, 3.05) is 13.2 Å². The average Bonchev–Trinajstić information content (AvgIpc) is 3.06. The van der Waals surface area contributed by atoms with Gasteiger partial charge < -0.3 is 9.84 Å². The first kappa shape index (κ1) is 13.5. The van der Waals surface area contributed by atoms with Crippen molar-refractivity contribution in [2.45, 2.75) is 25.7 Å². The number of aliphatic hydroxyl groups excluding tert-OH is 1. The molecule has 3 rings (SSSR count). The van der Waals surface area contributed by atoms with E-state index in [1.165, 1.54) is 37.8 Å². The Labute approximate surface area is 119 Å². The number of halogens is 1. The fourth-order valence-electron chi connectivity index (χ4n) is 3.64. The van der Waals surface area contributed by atoms with Crippen molar-refractivity contribution in [3.05, 3.63) is 29.6 Å². The molecule has 0 saturated heterocycles. The minimum atomic E-state index is -0.334. The van der Waals surface area contributed by atoms with E-state index in [9.17, 15) is 4.39 Å². The van der Waals surface area contributed by atoms with Gasteiger partial charge in [-0.15, -0.1) is 0 Å². The number of benzene rings is 1. The van der Waals surface area contributed by atoms with E-state index in [-0.39, 0.29) is 12.4 Å². The minimum Gasteiger partial charge on any atom is -0.492 e. The zero-order valence-corrected chi connectivity index (χ0v) is 11.4. The molecular weight excluding hydrogens is 255 g/mol. The van der Waals surface area contributed by atoms with Gasteiger partial charge in [0.1, 0.15) is 18.2 Å². The molecule has 0 aliphatic heterocycles. The summed E-state index contributed by atoms with van der Waals surface area (Å²) in [5, 5.41) is 8.75. The number of fused-ring (bicyclic) bond motifs is 2. The Morgan fingerprint density at radius 3 is 2.90 bits per heavy atom. The Bertz CT molecular complexity index is 544. The first-order chi connectivity index (χ1) is 9.76. The number of ether oxygens (including phenoxy) is 1. The molecule has 0 amide bonds. The van der Waals surface area contributed by atoms with E-state index in [1.807, 2.05) is 0 Å². The van der Waals surface area contributed by atoms with Gasteiger partial charge in [-0.1, -0.05) is 18.3 Å². The molecule has 2 aliphatic rings. The SMILES string of the molecule is OCC#Cc1cc(F)ccc1OCC1CC2CCC1C2. The molecule has 2 saturated carbocycles. The third-order valence-corrected chi connectivity index (χ3v) is 4.58. The Morgan fingerprint density at radius 2 is 2.20 bits per heavy atom. The second-order valence-corrected chi connectivity index (χ2v) is 5.85. The number of rotatable bonds is 3. The van der Waals surface area contributed by atoms with E-state index in [4.69, 9.17) is 9.84 Å². The van der Waals surface area contributed by atoms with Crippen LogP contribution in [0.15, 0.2) is 18.2 Å². The van der Waals surface area contributed by atoms with Crippen LogP contribution in [0.1, 0.15) is 31.2 Å². The van der Waals surface area contributed by atoms with Gasteiger partial charge in [-0.3, -0.25) is 0 Å². The van der Waals surface area contributed by atoms with Gasteiger partial charge in [0.25, 0.3) is 0 Å².